The van der Waals surface area contributed by atoms with Crippen molar-refractivity contribution in [2.24, 2.45) is 13.0 Å². The molecule has 1 aliphatic rings. The second kappa shape index (κ2) is 5.20. The Balaban J connectivity index is 1.79. The van der Waals surface area contributed by atoms with E-state index in [1.54, 1.807) is 10.9 Å². The number of carbonyl (C=O) groups is 2. The third kappa shape index (κ3) is 3.32. The molecule has 1 aromatic heterocycles. The van der Waals surface area contributed by atoms with Crippen LogP contribution in [0, 0.1) is 5.92 Å². The van der Waals surface area contributed by atoms with E-state index in [4.69, 9.17) is 5.11 Å². The number of aromatic nitrogens is 2. The summed E-state index contributed by atoms with van der Waals surface area (Å²) in [4.78, 5) is 22.6. The predicted octanol–water partition coefficient (Wildman–Crippen LogP) is 0.332. The van der Waals surface area contributed by atoms with Crippen LogP contribution in [0.2, 0.25) is 0 Å². The van der Waals surface area contributed by atoms with Gasteiger partial charge in [-0.05, 0) is 30.7 Å². The number of nitrogens with zero attached hydrogens (tertiary/aromatic N) is 2. The minimum absolute atomic E-state index is 0.116. The zero-order valence-electron chi connectivity index (χ0n) is 10.3. The van der Waals surface area contributed by atoms with Gasteiger partial charge in [-0.3, -0.25) is 9.48 Å². The number of aliphatic carboxylic acids is 1. The fourth-order valence-electron chi connectivity index (χ4n) is 1.92. The van der Waals surface area contributed by atoms with Gasteiger partial charge in [-0.25, -0.2) is 4.79 Å². The normalized spacial score (nSPS) is 16.3. The van der Waals surface area contributed by atoms with Crippen LogP contribution in [0.15, 0.2) is 12.4 Å². The predicted molar refractivity (Wildman–Crippen MR) is 63.8 cm³/mol. The molecular weight excluding hydrogens is 234 g/mol. The molecule has 6 nitrogen and oxygen atoms in total. The van der Waals surface area contributed by atoms with Crippen LogP contribution in [0.3, 0.4) is 0 Å². The van der Waals surface area contributed by atoms with Crippen molar-refractivity contribution in [2.45, 2.75) is 31.7 Å². The fraction of sp³-hybridized carbons (Fsp3) is 0.583. The smallest absolute Gasteiger partial charge is 0.326 e. The molecular formula is C12H17N3O3. The van der Waals surface area contributed by atoms with Crippen LogP contribution in [0.25, 0.3) is 0 Å². The number of carbonyl (C=O) groups excluding carboxylic acids is 1. The summed E-state index contributed by atoms with van der Waals surface area (Å²) >= 11 is 0. The second-order valence-electron chi connectivity index (χ2n) is 4.74. The molecule has 6 heteroatoms. The average molecular weight is 251 g/mol. The van der Waals surface area contributed by atoms with Gasteiger partial charge in [-0.15, -0.1) is 0 Å². The minimum atomic E-state index is -0.938. The monoisotopic (exact) mass is 251 g/mol. The maximum absolute atomic E-state index is 11.7. The van der Waals surface area contributed by atoms with Gasteiger partial charge in [-0.1, -0.05) is 0 Å². The van der Waals surface area contributed by atoms with Gasteiger partial charge in [-0.2, -0.15) is 5.10 Å². The van der Waals surface area contributed by atoms with Crippen molar-refractivity contribution in [1.82, 2.24) is 15.1 Å². The van der Waals surface area contributed by atoms with E-state index in [2.05, 4.69) is 10.4 Å². The summed E-state index contributed by atoms with van der Waals surface area (Å²) in [5.41, 5.74) is 0.978. The number of nitrogens with one attached hydrogen (secondary N) is 1. The van der Waals surface area contributed by atoms with Crippen molar-refractivity contribution in [2.75, 3.05) is 0 Å². The molecule has 0 spiro atoms. The molecule has 0 aromatic carbocycles. The SMILES string of the molecule is Cn1cc(CCC(=O)NC(C(=O)O)C2CC2)cn1. The number of carboxylic acid groups (broad SMARTS) is 1. The molecule has 2 N–H and O–H groups in total. The summed E-state index contributed by atoms with van der Waals surface area (Å²) in [6.45, 7) is 0. The lowest BCUT2D eigenvalue weighted by molar-refractivity contribution is -0.142. The molecule has 1 amide bonds. The lowest BCUT2D eigenvalue weighted by Crippen LogP contribution is -2.42. The van der Waals surface area contributed by atoms with E-state index in [1.807, 2.05) is 13.2 Å². The molecule has 0 bridgehead atoms. The van der Waals surface area contributed by atoms with Crippen molar-refractivity contribution in [3.63, 3.8) is 0 Å². The van der Waals surface area contributed by atoms with Crippen molar-refractivity contribution >= 4 is 11.9 Å². The highest BCUT2D eigenvalue weighted by Gasteiger charge is 2.37. The fourth-order valence-corrected chi connectivity index (χ4v) is 1.92. The number of rotatable bonds is 6. The molecule has 98 valence electrons. The number of hydrogen-bond acceptors (Lipinski definition) is 3. The van der Waals surface area contributed by atoms with E-state index in [0.29, 0.717) is 12.8 Å². The van der Waals surface area contributed by atoms with E-state index in [0.717, 1.165) is 18.4 Å². The third-order valence-electron chi connectivity index (χ3n) is 3.08. The van der Waals surface area contributed by atoms with Gasteiger partial charge in [0.05, 0.1) is 6.20 Å². The Morgan fingerprint density at radius 1 is 1.61 bits per heavy atom. The van der Waals surface area contributed by atoms with Gasteiger partial charge in [0, 0.05) is 19.7 Å². The summed E-state index contributed by atoms with van der Waals surface area (Å²) in [5, 5.41) is 15.6. The van der Waals surface area contributed by atoms with E-state index >= 15 is 0 Å². The Bertz CT molecular complexity index is 451. The van der Waals surface area contributed by atoms with E-state index in [-0.39, 0.29) is 11.8 Å². The zero-order valence-corrected chi connectivity index (χ0v) is 10.3. The van der Waals surface area contributed by atoms with Crippen LogP contribution < -0.4 is 5.32 Å². The van der Waals surface area contributed by atoms with Crippen LogP contribution in [0.1, 0.15) is 24.8 Å². The molecule has 18 heavy (non-hydrogen) atoms. The summed E-state index contributed by atoms with van der Waals surface area (Å²) in [6, 6.07) is -0.716. The Morgan fingerprint density at radius 3 is 2.83 bits per heavy atom. The molecule has 1 heterocycles. The highest BCUT2D eigenvalue weighted by atomic mass is 16.4. The number of amides is 1. The molecule has 1 aliphatic carbocycles. The first-order valence-corrected chi connectivity index (χ1v) is 6.06. The largest absolute Gasteiger partial charge is 0.480 e. The standard InChI is InChI=1S/C12H17N3O3/c1-15-7-8(6-13-15)2-5-10(16)14-11(12(17)18)9-3-4-9/h6-7,9,11H,2-5H2,1H3,(H,14,16)(H,17,18). The summed E-state index contributed by atoms with van der Waals surface area (Å²) < 4.78 is 1.68. The van der Waals surface area contributed by atoms with Crippen LogP contribution in [-0.4, -0.2) is 32.8 Å². The van der Waals surface area contributed by atoms with Gasteiger partial charge in [0.2, 0.25) is 5.91 Å². The number of aryl methyl sites for hydroxylation is 2. The van der Waals surface area contributed by atoms with Gasteiger partial charge < -0.3 is 10.4 Å². The zero-order chi connectivity index (χ0) is 13.1. The molecule has 2 rings (SSSR count). The van der Waals surface area contributed by atoms with Crippen LogP contribution in [0.4, 0.5) is 0 Å². The molecule has 1 unspecified atom stereocenters. The molecule has 0 saturated heterocycles. The van der Waals surface area contributed by atoms with E-state index in [1.165, 1.54) is 0 Å². The molecule has 1 saturated carbocycles. The Kier molecular flexibility index (Phi) is 3.64. The Hall–Kier alpha value is -1.85. The molecule has 0 radical (unpaired) electrons. The van der Waals surface area contributed by atoms with E-state index in [9.17, 15) is 9.59 Å². The number of carboxylic acids is 1. The Labute approximate surface area is 105 Å². The average Bonchev–Trinajstić information content (AvgIpc) is 3.06. The number of hydrogen-bond donors (Lipinski definition) is 2. The van der Waals surface area contributed by atoms with Crippen molar-refractivity contribution < 1.29 is 14.7 Å². The maximum atomic E-state index is 11.7. The Morgan fingerprint density at radius 2 is 2.33 bits per heavy atom. The molecule has 1 fully saturated rings. The first-order chi connectivity index (χ1) is 8.56. The maximum Gasteiger partial charge on any atom is 0.326 e. The van der Waals surface area contributed by atoms with Crippen molar-refractivity contribution in [3.8, 4) is 0 Å². The van der Waals surface area contributed by atoms with E-state index < -0.39 is 12.0 Å². The van der Waals surface area contributed by atoms with Gasteiger partial charge in [0.1, 0.15) is 6.04 Å². The topological polar surface area (TPSA) is 84.2 Å². The van der Waals surface area contributed by atoms with Gasteiger partial charge in [0.15, 0.2) is 0 Å². The van der Waals surface area contributed by atoms with Gasteiger partial charge in [0.25, 0.3) is 0 Å². The minimum Gasteiger partial charge on any atom is -0.480 e. The molecule has 1 atom stereocenters. The molecule has 0 aliphatic heterocycles. The second-order valence-corrected chi connectivity index (χ2v) is 4.74. The lowest BCUT2D eigenvalue weighted by Gasteiger charge is -2.13. The third-order valence-corrected chi connectivity index (χ3v) is 3.08. The highest BCUT2D eigenvalue weighted by Crippen LogP contribution is 2.32. The first kappa shape index (κ1) is 12.6. The summed E-state index contributed by atoms with van der Waals surface area (Å²) in [7, 11) is 1.82. The van der Waals surface area contributed by atoms with Gasteiger partial charge >= 0.3 is 5.97 Å². The van der Waals surface area contributed by atoms with Crippen molar-refractivity contribution in [3.05, 3.63) is 18.0 Å². The van der Waals surface area contributed by atoms with Crippen LogP contribution >= 0.6 is 0 Å². The van der Waals surface area contributed by atoms with Crippen molar-refractivity contribution in [1.29, 1.82) is 0 Å². The highest BCUT2D eigenvalue weighted by molar-refractivity contribution is 5.84. The first-order valence-electron chi connectivity index (χ1n) is 6.06. The van der Waals surface area contributed by atoms with Crippen LogP contribution in [0.5, 0.6) is 0 Å². The molecule has 1 aromatic rings. The summed E-state index contributed by atoms with van der Waals surface area (Å²) in [5.74, 6) is -1.03. The summed E-state index contributed by atoms with van der Waals surface area (Å²) in [6.07, 6.45) is 6.21. The lowest BCUT2D eigenvalue weighted by atomic mass is 10.1. The quantitative estimate of drug-likeness (QED) is 0.763. The van der Waals surface area contributed by atoms with Crippen LogP contribution in [-0.2, 0) is 23.1 Å².